The molecule has 7 nitrogen and oxygen atoms in total. The minimum Gasteiger partial charge on any atom is -0.248 e. The van der Waals surface area contributed by atoms with Crippen LogP contribution in [-0.2, 0) is 0 Å². The Bertz CT molecular complexity index is 717. The van der Waals surface area contributed by atoms with E-state index in [4.69, 9.17) is 23.2 Å². The standard InChI is InChI=1S/C10H5Cl2N7S/c11-6-1-2-7(14-3-6)20-10-17-8(12)16-9(18-10)19-5-13-4-15-19/h1-5H. The minimum absolute atomic E-state index is 0.0713. The van der Waals surface area contributed by atoms with Crippen molar-refractivity contribution < 1.29 is 0 Å². The second-order valence-corrected chi connectivity index (χ2v) is 5.21. The predicted octanol–water partition coefficient (Wildman–Crippen LogP) is 2.31. The van der Waals surface area contributed by atoms with Gasteiger partial charge in [-0.25, -0.2) is 9.97 Å². The molecule has 0 N–H and O–H groups in total. The van der Waals surface area contributed by atoms with E-state index in [1.54, 1.807) is 18.3 Å². The molecule has 0 aliphatic rings. The molecule has 3 aromatic rings. The maximum Gasteiger partial charge on any atom is 0.257 e. The van der Waals surface area contributed by atoms with Gasteiger partial charge in [0.1, 0.15) is 17.7 Å². The van der Waals surface area contributed by atoms with Crippen molar-refractivity contribution in [2.75, 3.05) is 0 Å². The van der Waals surface area contributed by atoms with Crippen LogP contribution in [0.25, 0.3) is 5.95 Å². The number of hydrogen-bond acceptors (Lipinski definition) is 7. The van der Waals surface area contributed by atoms with Gasteiger partial charge in [-0.3, -0.25) is 0 Å². The van der Waals surface area contributed by atoms with Crippen LogP contribution in [0.3, 0.4) is 0 Å². The Morgan fingerprint density at radius 2 is 2.00 bits per heavy atom. The number of hydrogen-bond donors (Lipinski definition) is 0. The number of rotatable bonds is 3. The lowest BCUT2D eigenvalue weighted by Crippen LogP contribution is -2.04. The van der Waals surface area contributed by atoms with Crippen LogP contribution >= 0.6 is 35.0 Å². The van der Waals surface area contributed by atoms with E-state index in [9.17, 15) is 0 Å². The maximum atomic E-state index is 5.88. The van der Waals surface area contributed by atoms with Gasteiger partial charge < -0.3 is 0 Å². The Hall–Kier alpha value is -1.77. The molecule has 0 aliphatic heterocycles. The van der Waals surface area contributed by atoms with Crippen LogP contribution in [-0.4, -0.2) is 34.7 Å². The van der Waals surface area contributed by atoms with Crippen LogP contribution in [0.2, 0.25) is 10.3 Å². The minimum atomic E-state index is 0.0713. The highest BCUT2D eigenvalue weighted by Gasteiger charge is 2.09. The Kier molecular flexibility index (Phi) is 3.77. The van der Waals surface area contributed by atoms with Crippen LogP contribution in [0.4, 0.5) is 0 Å². The lowest BCUT2D eigenvalue weighted by Gasteiger charge is -2.03. The van der Waals surface area contributed by atoms with Crippen molar-refractivity contribution in [2.24, 2.45) is 0 Å². The van der Waals surface area contributed by atoms with Crippen LogP contribution < -0.4 is 0 Å². The van der Waals surface area contributed by atoms with Gasteiger partial charge in [0.25, 0.3) is 5.95 Å². The summed E-state index contributed by atoms with van der Waals surface area (Å²) in [7, 11) is 0. The van der Waals surface area contributed by atoms with E-state index in [-0.39, 0.29) is 5.28 Å². The largest absolute Gasteiger partial charge is 0.257 e. The molecule has 3 heterocycles. The first-order valence-electron chi connectivity index (χ1n) is 5.27. The number of pyridine rings is 1. The first-order valence-corrected chi connectivity index (χ1v) is 6.84. The van der Waals surface area contributed by atoms with Gasteiger partial charge in [-0.1, -0.05) is 11.6 Å². The first kappa shape index (κ1) is 13.2. The molecule has 0 fully saturated rings. The van der Waals surface area contributed by atoms with E-state index < -0.39 is 0 Å². The van der Waals surface area contributed by atoms with Crippen molar-refractivity contribution in [1.29, 1.82) is 0 Å². The van der Waals surface area contributed by atoms with Gasteiger partial charge in [-0.2, -0.15) is 24.7 Å². The SMILES string of the molecule is Clc1ccc(Sc2nc(Cl)nc(-n3cncn3)n2)nc1. The van der Waals surface area contributed by atoms with Crippen LogP contribution in [0.15, 0.2) is 41.2 Å². The molecule has 0 atom stereocenters. The van der Waals surface area contributed by atoms with Gasteiger partial charge >= 0.3 is 0 Å². The zero-order valence-electron chi connectivity index (χ0n) is 9.68. The second-order valence-electron chi connectivity index (χ2n) is 3.44. The van der Waals surface area contributed by atoms with Crippen molar-refractivity contribution in [1.82, 2.24) is 34.7 Å². The molecule has 0 bridgehead atoms. The molecular formula is C10H5Cl2N7S. The van der Waals surface area contributed by atoms with Crippen molar-refractivity contribution >= 4 is 35.0 Å². The average Bonchev–Trinajstić information content (AvgIpc) is 2.95. The maximum absolute atomic E-state index is 5.88. The first-order chi connectivity index (χ1) is 9.70. The molecule has 0 saturated carbocycles. The molecule has 0 unspecified atom stereocenters. The predicted molar refractivity (Wildman–Crippen MR) is 73.1 cm³/mol. The Morgan fingerprint density at radius 3 is 2.70 bits per heavy atom. The summed E-state index contributed by atoms with van der Waals surface area (Å²) in [4.78, 5) is 20.2. The van der Waals surface area contributed by atoms with Gasteiger partial charge in [-0.15, -0.1) is 0 Å². The average molecular weight is 326 g/mol. The normalized spacial score (nSPS) is 10.7. The number of halogens is 2. The summed E-state index contributed by atoms with van der Waals surface area (Å²) in [5.41, 5.74) is 0. The number of aromatic nitrogens is 7. The summed E-state index contributed by atoms with van der Waals surface area (Å²) in [5.74, 6) is 0.291. The molecule has 3 rings (SSSR count). The summed E-state index contributed by atoms with van der Waals surface area (Å²) in [5, 5.41) is 5.68. The molecule has 100 valence electrons. The van der Waals surface area contributed by atoms with Crippen LogP contribution in [0, 0.1) is 0 Å². The van der Waals surface area contributed by atoms with E-state index >= 15 is 0 Å². The Labute approximate surface area is 127 Å². The molecule has 10 heteroatoms. The highest BCUT2D eigenvalue weighted by Crippen LogP contribution is 2.24. The monoisotopic (exact) mass is 325 g/mol. The third-order valence-corrected chi connectivity index (χ3v) is 3.30. The van der Waals surface area contributed by atoms with Crippen LogP contribution in [0.5, 0.6) is 0 Å². The Morgan fingerprint density at radius 1 is 1.10 bits per heavy atom. The van der Waals surface area contributed by atoms with E-state index in [1.807, 2.05) is 0 Å². The lowest BCUT2D eigenvalue weighted by atomic mass is 10.5. The summed E-state index contributed by atoms with van der Waals surface area (Å²) in [6, 6.07) is 3.50. The van der Waals surface area contributed by atoms with Crippen molar-refractivity contribution in [3.8, 4) is 5.95 Å². The van der Waals surface area contributed by atoms with E-state index in [2.05, 4.69) is 30.0 Å². The topological polar surface area (TPSA) is 82.3 Å². The van der Waals surface area contributed by atoms with E-state index in [0.717, 1.165) is 0 Å². The third-order valence-electron chi connectivity index (χ3n) is 2.10. The summed E-state index contributed by atoms with van der Waals surface area (Å²) in [6.07, 6.45) is 4.40. The fraction of sp³-hybridized carbons (Fsp3) is 0. The van der Waals surface area contributed by atoms with E-state index in [0.29, 0.717) is 21.2 Å². The molecule has 0 aromatic carbocycles. The molecule has 0 aliphatic carbocycles. The van der Waals surface area contributed by atoms with Crippen molar-refractivity contribution in [3.05, 3.63) is 41.3 Å². The zero-order chi connectivity index (χ0) is 13.9. The molecule has 0 radical (unpaired) electrons. The van der Waals surface area contributed by atoms with Gasteiger partial charge in [0.05, 0.1) is 5.02 Å². The molecule has 3 aromatic heterocycles. The van der Waals surface area contributed by atoms with Crippen molar-refractivity contribution in [2.45, 2.75) is 10.2 Å². The highest BCUT2D eigenvalue weighted by atomic mass is 35.5. The van der Waals surface area contributed by atoms with Gasteiger partial charge in [0.15, 0.2) is 5.16 Å². The number of nitrogens with zero attached hydrogens (tertiary/aromatic N) is 7. The molecule has 0 spiro atoms. The summed E-state index contributed by atoms with van der Waals surface area (Å²) < 4.78 is 1.40. The molecular weight excluding hydrogens is 321 g/mol. The van der Waals surface area contributed by atoms with Crippen LogP contribution in [0.1, 0.15) is 0 Å². The lowest BCUT2D eigenvalue weighted by molar-refractivity contribution is 0.757. The smallest absolute Gasteiger partial charge is 0.248 e. The quantitative estimate of drug-likeness (QED) is 0.730. The third kappa shape index (κ3) is 3.03. The fourth-order valence-electron chi connectivity index (χ4n) is 1.30. The zero-order valence-corrected chi connectivity index (χ0v) is 12.0. The van der Waals surface area contributed by atoms with Gasteiger partial charge in [0, 0.05) is 6.20 Å². The van der Waals surface area contributed by atoms with Gasteiger partial charge in [0.2, 0.25) is 5.28 Å². The Balaban J connectivity index is 1.92. The van der Waals surface area contributed by atoms with E-state index in [1.165, 1.54) is 29.1 Å². The fourth-order valence-corrected chi connectivity index (χ4v) is 2.30. The summed E-state index contributed by atoms with van der Waals surface area (Å²) >= 11 is 12.9. The molecule has 20 heavy (non-hydrogen) atoms. The molecule has 0 saturated heterocycles. The second kappa shape index (κ2) is 5.70. The van der Waals surface area contributed by atoms with Gasteiger partial charge in [-0.05, 0) is 35.5 Å². The highest BCUT2D eigenvalue weighted by molar-refractivity contribution is 7.99. The van der Waals surface area contributed by atoms with Crippen molar-refractivity contribution in [3.63, 3.8) is 0 Å². The summed E-state index contributed by atoms with van der Waals surface area (Å²) in [6.45, 7) is 0. The molecule has 0 amide bonds.